The van der Waals surface area contributed by atoms with Crippen LogP contribution in [0.3, 0.4) is 0 Å². The first-order valence-corrected chi connectivity index (χ1v) is 10.8. The molecule has 2 heterocycles. The summed E-state index contributed by atoms with van der Waals surface area (Å²) in [6.07, 6.45) is 0. The molecular formula is C19H27BN2O6S. The summed E-state index contributed by atoms with van der Waals surface area (Å²) in [4.78, 5) is 0.0654. The van der Waals surface area contributed by atoms with Crippen LogP contribution >= 0.6 is 0 Å². The second-order valence-corrected chi connectivity index (χ2v) is 9.92. The predicted octanol–water partition coefficient (Wildman–Crippen LogP) is 2.39. The summed E-state index contributed by atoms with van der Waals surface area (Å²) >= 11 is 0. The molecule has 0 unspecified atom stereocenters. The Labute approximate surface area is 172 Å². The highest BCUT2D eigenvalue weighted by Gasteiger charge is 2.53. The van der Waals surface area contributed by atoms with Gasteiger partial charge >= 0.3 is 7.12 Å². The van der Waals surface area contributed by atoms with Crippen molar-refractivity contribution in [2.45, 2.75) is 57.6 Å². The molecular weight excluding hydrogens is 395 g/mol. The summed E-state index contributed by atoms with van der Waals surface area (Å²) in [6, 6.07) is 6.64. The lowest BCUT2D eigenvalue weighted by Gasteiger charge is -2.32. The maximum Gasteiger partial charge on any atom is 0.496 e. The molecule has 1 aromatic heterocycles. The van der Waals surface area contributed by atoms with Crippen molar-refractivity contribution >= 4 is 28.4 Å². The van der Waals surface area contributed by atoms with Gasteiger partial charge in [-0.05, 0) is 47.6 Å². The second kappa shape index (κ2) is 7.43. The molecule has 0 radical (unpaired) electrons. The highest BCUT2D eigenvalue weighted by Crippen LogP contribution is 2.37. The van der Waals surface area contributed by atoms with E-state index in [9.17, 15) is 8.42 Å². The summed E-state index contributed by atoms with van der Waals surface area (Å²) in [7, 11) is -3.44. The average molecular weight is 422 g/mol. The van der Waals surface area contributed by atoms with Crippen molar-refractivity contribution in [3.05, 3.63) is 35.6 Å². The standard InChI is InChI=1S/C19H27BN2O6S/c1-13-14(2)26-21-17(13)22(12-25-7)29(23,24)16-11-9-8-10-15(16)20-27-18(3,4)19(5,6)28-20/h8-11H,12H2,1-7H3. The van der Waals surface area contributed by atoms with Gasteiger partial charge in [0.15, 0.2) is 5.82 Å². The fraction of sp³-hybridized carbons (Fsp3) is 0.526. The zero-order chi connectivity index (χ0) is 21.6. The smallest absolute Gasteiger partial charge is 0.399 e. The normalized spacial score (nSPS) is 18.2. The molecule has 3 rings (SSSR count). The molecule has 0 aliphatic carbocycles. The Morgan fingerprint density at radius 3 is 2.21 bits per heavy atom. The van der Waals surface area contributed by atoms with Crippen molar-refractivity contribution in [2.24, 2.45) is 0 Å². The number of hydrogen-bond acceptors (Lipinski definition) is 7. The molecule has 8 nitrogen and oxygen atoms in total. The van der Waals surface area contributed by atoms with Crippen LogP contribution in [0.2, 0.25) is 0 Å². The molecule has 0 atom stereocenters. The van der Waals surface area contributed by atoms with E-state index < -0.39 is 28.3 Å². The Morgan fingerprint density at radius 2 is 1.69 bits per heavy atom. The van der Waals surface area contributed by atoms with Crippen LogP contribution in [0.1, 0.15) is 39.0 Å². The van der Waals surface area contributed by atoms with Crippen LogP contribution in [-0.2, 0) is 24.1 Å². The van der Waals surface area contributed by atoms with E-state index >= 15 is 0 Å². The molecule has 2 aromatic rings. The maximum absolute atomic E-state index is 13.6. The number of anilines is 1. The van der Waals surface area contributed by atoms with E-state index in [0.29, 0.717) is 16.8 Å². The maximum atomic E-state index is 13.6. The molecule has 0 saturated carbocycles. The first kappa shape index (κ1) is 21.8. The minimum atomic E-state index is -4.04. The first-order valence-electron chi connectivity index (χ1n) is 9.31. The van der Waals surface area contributed by atoms with Gasteiger partial charge in [-0.15, -0.1) is 0 Å². The van der Waals surface area contributed by atoms with Gasteiger partial charge in [0, 0.05) is 18.1 Å². The summed E-state index contributed by atoms with van der Waals surface area (Å²) in [5.41, 5.74) is -0.148. The average Bonchev–Trinajstić information content (AvgIpc) is 3.08. The Kier molecular flexibility index (Phi) is 5.59. The molecule has 1 saturated heterocycles. The van der Waals surface area contributed by atoms with Crippen LogP contribution < -0.4 is 9.77 Å². The van der Waals surface area contributed by atoms with Crippen molar-refractivity contribution in [1.82, 2.24) is 5.16 Å². The Morgan fingerprint density at radius 1 is 1.10 bits per heavy atom. The highest BCUT2D eigenvalue weighted by atomic mass is 32.2. The zero-order valence-electron chi connectivity index (χ0n) is 17.8. The molecule has 0 N–H and O–H groups in total. The third kappa shape index (κ3) is 3.70. The number of hydrogen-bond donors (Lipinski definition) is 0. The van der Waals surface area contributed by atoms with Crippen molar-refractivity contribution < 1.29 is 27.0 Å². The van der Waals surface area contributed by atoms with Crippen LogP contribution in [0, 0.1) is 13.8 Å². The fourth-order valence-corrected chi connectivity index (χ4v) is 4.59. The van der Waals surface area contributed by atoms with Crippen molar-refractivity contribution in [3.8, 4) is 0 Å². The lowest BCUT2D eigenvalue weighted by molar-refractivity contribution is 0.00578. The van der Waals surface area contributed by atoms with Gasteiger partial charge in [-0.3, -0.25) is 0 Å². The molecule has 1 aliphatic heterocycles. The Bertz CT molecular complexity index is 986. The van der Waals surface area contributed by atoms with Gasteiger partial charge in [0.05, 0.1) is 16.1 Å². The van der Waals surface area contributed by atoms with Gasteiger partial charge in [0.1, 0.15) is 12.5 Å². The number of aryl methyl sites for hydroxylation is 1. The van der Waals surface area contributed by atoms with Crippen molar-refractivity contribution in [1.29, 1.82) is 0 Å². The van der Waals surface area contributed by atoms with Crippen molar-refractivity contribution in [3.63, 3.8) is 0 Å². The number of ether oxygens (including phenoxy) is 1. The third-order valence-corrected chi connectivity index (χ3v) is 7.40. The van der Waals surface area contributed by atoms with Gasteiger partial charge in [-0.25, -0.2) is 12.7 Å². The lowest BCUT2D eigenvalue weighted by atomic mass is 9.79. The van der Waals surface area contributed by atoms with E-state index in [1.165, 1.54) is 13.2 Å². The number of aromatic nitrogens is 1. The summed E-state index contributed by atoms with van der Waals surface area (Å²) in [5, 5.41) is 3.93. The molecule has 1 aromatic carbocycles. The molecule has 1 aliphatic rings. The minimum absolute atomic E-state index is 0.0654. The van der Waals surface area contributed by atoms with Crippen LogP contribution in [0.5, 0.6) is 0 Å². The number of nitrogens with zero attached hydrogens (tertiary/aromatic N) is 2. The minimum Gasteiger partial charge on any atom is -0.399 e. The molecule has 10 heteroatoms. The monoisotopic (exact) mass is 422 g/mol. The van der Waals surface area contributed by atoms with Crippen molar-refractivity contribution in [2.75, 3.05) is 18.1 Å². The number of benzene rings is 1. The number of sulfonamides is 1. The zero-order valence-corrected chi connectivity index (χ0v) is 18.7. The van der Waals surface area contributed by atoms with E-state index in [-0.39, 0.29) is 17.4 Å². The van der Waals surface area contributed by atoms with Crippen LogP contribution in [0.4, 0.5) is 5.82 Å². The Hall–Kier alpha value is -1.88. The van der Waals surface area contributed by atoms with Gasteiger partial charge in [0.2, 0.25) is 0 Å². The van der Waals surface area contributed by atoms with Crippen LogP contribution in [0.15, 0.2) is 33.7 Å². The molecule has 29 heavy (non-hydrogen) atoms. The summed E-state index contributed by atoms with van der Waals surface area (Å²) in [5.74, 6) is 0.726. The predicted molar refractivity (Wildman–Crippen MR) is 110 cm³/mol. The molecule has 0 spiro atoms. The van der Waals surface area contributed by atoms with E-state index in [1.54, 1.807) is 32.0 Å². The van der Waals surface area contributed by atoms with Gasteiger partial charge in [-0.2, -0.15) is 0 Å². The van der Waals surface area contributed by atoms with Crippen LogP contribution in [-0.4, -0.2) is 45.7 Å². The number of methoxy groups -OCH3 is 1. The van der Waals surface area contributed by atoms with E-state index in [0.717, 1.165) is 4.31 Å². The van der Waals surface area contributed by atoms with Gasteiger partial charge in [0.25, 0.3) is 10.0 Å². The SMILES string of the molecule is COCN(c1noc(C)c1C)S(=O)(=O)c1ccccc1B1OC(C)(C)C(C)(C)O1. The van der Waals surface area contributed by atoms with E-state index in [1.807, 2.05) is 27.7 Å². The molecule has 0 amide bonds. The van der Waals surface area contributed by atoms with Gasteiger partial charge < -0.3 is 18.6 Å². The number of rotatable bonds is 6. The molecule has 1 fully saturated rings. The fourth-order valence-electron chi connectivity index (χ4n) is 3.00. The topological polar surface area (TPSA) is 91.1 Å². The summed E-state index contributed by atoms with van der Waals surface area (Å²) < 4.78 is 50.9. The first-order chi connectivity index (χ1) is 13.4. The van der Waals surface area contributed by atoms with Gasteiger partial charge in [-0.1, -0.05) is 23.4 Å². The molecule has 0 bridgehead atoms. The quantitative estimate of drug-likeness (QED) is 0.522. The Balaban J connectivity index is 2.09. The van der Waals surface area contributed by atoms with Crippen LogP contribution in [0.25, 0.3) is 0 Å². The largest absolute Gasteiger partial charge is 0.496 e. The second-order valence-electron chi connectivity index (χ2n) is 8.08. The lowest BCUT2D eigenvalue weighted by Crippen LogP contribution is -2.42. The van der Waals surface area contributed by atoms with E-state index in [2.05, 4.69) is 5.16 Å². The molecule has 158 valence electrons. The van der Waals surface area contributed by atoms with E-state index in [4.69, 9.17) is 18.6 Å². The third-order valence-electron chi connectivity index (χ3n) is 5.61. The highest BCUT2D eigenvalue weighted by molar-refractivity contribution is 7.93. The summed E-state index contributed by atoms with van der Waals surface area (Å²) in [6.45, 7) is 10.9.